The summed E-state index contributed by atoms with van der Waals surface area (Å²) in [5.41, 5.74) is 7.49. The third kappa shape index (κ3) is 3.35. The molecule has 0 bridgehead atoms. The lowest BCUT2D eigenvalue weighted by atomic mass is 9.84. The van der Waals surface area contributed by atoms with Crippen molar-refractivity contribution in [2.75, 3.05) is 11.9 Å². The Morgan fingerprint density at radius 1 is 1.35 bits per heavy atom. The molecule has 1 aromatic rings. The topological polar surface area (TPSA) is 53.1 Å². The van der Waals surface area contributed by atoms with Gasteiger partial charge in [-0.15, -0.1) is 0 Å². The average molecular weight is 338 g/mol. The summed E-state index contributed by atoms with van der Waals surface area (Å²) in [6.45, 7) is 2.30. The number of nitrogen functional groups attached to an aromatic ring is 1. The molecule has 20 heavy (non-hydrogen) atoms. The quantitative estimate of drug-likeness (QED) is 0.640. The van der Waals surface area contributed by atoms with Gasteiger partial charge in [0.05, 0.1) is 5.69 Å². The van der Waals surface area contributed by atoms with Crippen molar-refractivity contribution in [3.63, 3.8) is 0 Å². The molecule has 1 aromatic carbocycles. The predicted octanol–water partition coefficient (Wildman–Crippen LogP) is 4.14. The highest BCUT2D eigenvalue weighted by molar-refractivity contribution is 9.10. The monoisotopic (exact) mass is 337 g/mol. The van der Waals surface area contributed by atoms with Crippen molar-refractivity contribution in [2.24, 2.45) is 11.7 Å². The maximum atomic E-state index is 7.49. The lowest BCUT2D eigenvalue weighted by Gasteiger charge is -2.36. The fraction of sp³-hybridized carbons (Fsp3) is 0.562. The summed E-state index contributed by atoms with van der Waals surface area (Å²) in [4.78, 5) is 2.37. The second-order valence-electron chi connectivity index (χ2n) is 5.77. The van der Waals surface area contributed by atoms with E-state index in [0.29, 0.717) is 6.04 Å². The van der Waals surface area contributed by atoms with Crippen LogP contribution in [0.15, 0.2) is 22.7 Å². The fourth-order valence-electron chi connectivity index (χ4n) is 3.10. The van der Waals surface area contributed by atoms with Crippen LogP contribution in [0.1, 0.15) is 44.6 Å². The molecule has 2 rings (SSSR count). The molecule has 0 aliphatic heterocycles. The Kier molecular flexibility index (Phi) is 5.08. The number of nitrogens with two attached hydrogens (primary N) is 1. The number of rotatable bonds is 4. The van der Waals surface area contributed by atoms with Gasteiger partial charge in [0.2, 0.25) is 0 Å². The van der Waals surface area contributed by atoms with Gasteiger partial charge in [0.25, 0.3) is 0 Å². The largest absolute Gasteiger partial charge is 0.384 e. The van der Waals surface area contributed by atoms with Gasteiger partial charge < -0.3 is 10.6 Å². The predicted molar refractivity (Wildman–Crippen MR) is 89.6 cm³/mol. The molecule has 1 saturated carbocycles. The van der Waals surface area contributed by atoms with Gasteiger partial charge in [0.1, 0.15) is 5.84 Å². The van der Waals surface area contributed by atoms with Crippen LogP contribution in [0.3, 0.4) is 0 Å². The Balaban J connectivity index is 2.09. The average Bonchev–Trinajstić information content (AvgIpc) is 2.46. The lowest BCUT2D eigenvalue weighted by molar-refractivity contribution is 0.313. The number of hydrogen-bond acceptors (Lipinski definition) is 2. The van der Waals surface area contributed by atoms with Gasteiger partial charge in [-0.1, -0.05) is 13.3 Å². The van der Waals surface area contributed by atoms with Gasteiger partial charge in [0, 0.05) is 23.1 Å². The van der Waals surface area contributed by atoms with Crippen LogP contribution in [0.25, 0.3) is 0 Å². The van der Waals surface area contributed by atoms with Crippen molar-refractivity contribution in [1.29, 1.82) is 5.41 Å². The van der Waals surface area contributed by atoms with E-state index in [1.165, 1.54) is 37.8 Å². The number of nitrogens with one attached hydrogen (secondary N) is 1. The van der Waals surface area contributed by atoms with E-state index in [1.54, 1.807) is 0 Å². The van der Waals surface area contributed by atoms with E-state index < -0.39 is 0 Å². The molecule has 3 nitrogen and oxygen atoms in total. The van der Waals surface area contributed by atoms with Crippen molar-refractivity contribution in [3.8, 4) is 0 Å². The number of amidine groups is 1. The molecular formula is C16H24BrN3. The van der Waals surface area contributed by atoms with E-state index in [2.05, 4.69) is 40.9 Å². The minimum atomic E-state index is 0.114. The fourth-order valence-corrected chi connectivity index (χ4v) is 3.76. The first-order chi connectivity index (χ1) is 9.52. The normalized spacial score (nSPS) is 22.6. The van der Waals surface area contributed by atoms with Crippen LogP contribution >= 0.6 is 15.9 Å². The first kappa shape index (κ1) is 15.4. The summed E-state index contributed by atoms with van der Waals surface area (Å²) in [6.07, 6.45) is 6.54. The molecule has 1 fully saturated rings. The Morgan fingerprint density at radius 3 is 2.50 bits per heavy atom. The molecule has 0 atom stereocenters. The Labute approximate surface area is 130 Å². The number of benzene rings is 1. The molecule has 0 aromatic heterocycles. The number of nitrogens with zero attached hydrogens (tertiary/aromatic N) is 1. The van der Waals surface area contributed by atoms with Gasteiger partial charge in [-0.2, -0.15) is 0 Å². The molecule has 0 saturated heterocycles. The van der Waals surface area contributed by atoms with Gasteiger partial charge in [-0.3, -0.25) is 5.41 Å². The highest BCUT2D eigenvalue weighted by atomic mass is 79.9. The van der Waals surface area contributed by atoms with E-state index in [9.17, 15) is 0 Å². The molecule has 1 aliphatic carbocycles. The highest BCUT2D eigenvalue weighted by Crippen LogP contribution is 2.34. The van der Waals surface area contributed by atoms with Crippen molar-refractivity contribution in [2.45, 2.75) is 45.1 Å². The zero-order valence-corrected chi connectivity index (χ0v) is 13.9. The molecule has 0 unspecified atom stereocenters. The molecule has 0 radical (unpaired) electrons. The van der Waals surface area contributed by atoms with Gasteiger partial charge in [0.15, 0.2) is 0 Å². The van der Waals surface area contributed by atoms with Crippen molar-refractivity contribution in [1.82, 2.24) is 0 Å². The highest BCUT2D eigenvalue weighted by Gasteiger charge is 2.24. The van der Waals surface area contributed by atoms with Crippen LogP contribution in [-0.4, -0.2) is 18.9 Å². The van der Waals surface area contributed by atoms with Crippen LogP contribution in [0.4, 0.5) is 5.69 Å². The van der Waals surface area contributed by atoms with Crippen LogP contribution in [0.5, 0.6) is 0 Å². The summed E-state index contributed by atoms with van der Waals surface area (Å²) in [6, 6.07) is 6.55. The van der Waals surface area contributed by atoms with Crippen molar-refractivity contribution < 1.29 is 0 Å². The van der Waals surface area contributed by atoms with E-state index in [4.69, 9.17) is 11.1 Å². The zero-order chi connectivity index (χ0) is 14.7. The van der Waals surface area contributed by atoms with E-state index in [-0.39, 0.29) is 5.84 Å². The van der Waals surface area contributed by atoms with Gasteiger partial charge in [-0.05, 0) is 65.7 Å². The second-order valence-corrected chi connectivity index (χ2v) is 6.63. The maximum absolute atomic E-state index is 7.49. The SMILES string of the molecule is CCC1CCC(N(C)c2ccc(C(=N)N)cc2Br)CC1. The first-order valence-corrected chi connectivity index (χ1v) is 8.19. The minimum absolute atomic E-state index is 0.114. The summed E-state index contributed by atoms with van der Waals surface area (Å²) in [5, 5.41) is 7.49. The third-order valence-electron chi connectivity index (χ3n) is 4.58. The van der Waals surface area contributed by atoms with Crippen molar-refractivity contribution >= 4 is 27.5 Å². The van der Waals surface area contributed by atoms with E-state index in [0.717, 1.165) is 16.0 Å². The standard InChI is InChI=1S/C16H24BrN3/c1-3-11-4-7-13(8-5-11)20(2)15-9-6-12(16(18)19)10-14(15)17/h6,9-11,13H,3-5,7-8H2,1-2H3,(H3,18,19). The second kappa shape index (κ2) is 6.61. The molecule has 1 aliphatic rings. The van der Waals surface area contributed by atoms with E-state index >= 15 is 0 Å². The molecule has 0 amide bonds. The molecule has 0 heterocycles. The van der Waals surface area contributed by atoms with Crippen LogP contribution < -0.4 is 10.6 Å². The molecular weight excluding hydrogens is 314 g/mol. The smallest absolute Gasteiger partial charge is 0.122 e. The lowest BCUT2D eigenvalue weighted by Crippen LogP contribution is -2.35. The van der Waals surface area contributed by atoms with Gasteiger partial charge >= 0.3 is 0 Å². The summed E-state index contributed by atoms with van der Waals surface area (Å²) in [5.74, 6) is 1.03. The Bertz CT molecular complexity index is 479. The van der Waals surface area contributed by atoms with Gasteiger partial charge in [-0.25, -0.2) is 0 Å². The summed E-state index contributed by atoms with van der Waals surface area (Å²) in [7, 11) is 2.17. The van der Waals surface area contributed by atoms with Crippen LogP contribution in [0.2, 0.25) is 0 Å². The first-order valence-electron chi connectivity index (χ1n) is 7.39. The number of halogens is 1. The molecule has 4 heteroatoms. The zero-order valence-electron chi connectivity index (χ0n) is 12.3. The van der Waals surface area contributed by atoms with Crippen LogP contribution in [0, 0.1) is 11.3 Å². The van der Waals surface area contributed by atoms with Crippen LogP contribution in [-0.2, 0) is 0 Å². The summed E-state index contributed by atoms with van der Waals surface area (Å²) >= 11 is 3.61. The molecule has 0 spiro atoms. The molecule has 3 N–H and O–H groups in total. The van der Waals surface area contributed by atoms with Crippen molar-refractivity contribution in [3.05, 3.63) is 28.2 Å². The number of anilines is 1. The third-order valence-corrected chi connectivity index (χ3v) is 5.22. The van der Waals surface area contributed by atoms with E-state index in [1.807, 2.05) is 12.1 Å². The maximum Gasteiger partial charge on any atom is 0.122 e. The Morgan fingerprint density at radius 2 is 2.00 bits per heavy atom. The Hall–Kier alpha value is -1.03. The molecule has 110 valence electrons. The minimum Gasteiger partial charge on any atom is -0.384 e. The summed E-state index contributed by atoms with van der Waals surface area (Å²) < 4.78 is 1.02. The number of hydrogen-bond donors (Lipinski definition) is 2.